The van der Waals surface area contributed by atoms with Gasteiger partial charge < -0.3 is 34.3 Å². The second kappa shape index (κ2) is 38.1. The van der Waals surface area contributed by atoms with Crippen LogP contribution in [0, 0.1) is 0 Å². The number of allylic oxidation sites excluding steroid dienone is 8. The van der Waals surface area contributed by atoms with Crippen LogP contribution < -0.4 is 0 Å². The predicted octanol–water partition coefficient (Wildman–Crippen LogP) is 9.95. The molecule has 4 N–H and O–H groups in total. The highest BCUT2D eigenvalue weighted by Gasteiger charge is 2.46. The molecule has 61 heavy (non-hydrogen) atoms. The first kappa shape index (κ1) is 56.6. The van der Waals surface area contributed by atoms with E-state index in [4.69, 9.17) is 18.9 Å². The number of aliphatic hydroxyl groups excluding tert-OH is 3. The maximum atomic E-state index is 12.8. The standard InChI is InChI=1S/C48H84O12S/c1-3-5-7-9-11-13-15-17-19-20-21-23-25-27-29-31-33-35-37-44(50)59-41(39-58-48-47(53)46(52)45(51)42(60-48)40-61(54,55)56)38-57-43(49)36-34-32-30-28-26-24-22-18-16-14-12-10-8-6-4-2/h6,8,10,12,14,16,18,22,41-42,45-48,51-53H,3-5,7,9,11,13,15,17,19-21,23-40H2,1-2H3,(H,54,55,56)/b8-6+,12-10+,16-14+,22-18+/t41-,42-,45-,46?,47?,48+/m1/s1. The van der Waals surface area contributed by atoms with Crippen LogP contribution in [-0.2, 0) is 38.7 Å². The van der Waals surface area contributed by atoms with Crippen LogP contribution in [0.25, 0.3) is 0 Å². The van der Waals surface area contributed by atoms with Crippen LogP contribution in [0.5, 0.6) is 0 Å². The molecular formula is C48H84O12S. The zero-order chi connectivity index (χ0) is 44.8. The van der Waals surface area contributed by atoms with Crippen LogP contribution in [0.3, 0.4) is 0 Å². The molecule has 0 aromatic rings. The Morgan fingerprint density at radius 2 is 1.03 bits per heavy atom. The first-order valence-electron chi connectivity index (χ1n) is 23.7. The number of unbranched alkanes of at least 4 members (excludes halogenated alkanes) is 22. The van der Waals surface area contributed by atoms with Crippen LogP contribution in [0.15, 0.2) is 48.6 Å². The smallest absolute Gasteiger partial charge is 0.306 e. The van der Waals surface area contributed by atoms with Gasteiger partial charge in [0.05, 0.1) is 6.61 Å². The van der Waals surface area contributed by atoms with Crippen molar-refractivity contribution < 1.29 is 56.8 Å². The molecule has 6 atom stereocenters. The number of rotatable bonds is 39. The minimum Gasteiger partial charge on any atom is -0.462 e. The number of hydrogen-bond acceptors (Lipinski definition) is 11. The third kappa shape index (κ3) is 32.9. The fraction of sp³-hybridized carbons (Fsp3) is 0.792. The Balaban J connectivity index is 2.42. The number of ether oxygens (including phenoxy) is 4. The first-order valence-corrected chi connectivity index (χ1v) is 25.4. The van der Waals surface area contributed by atoms with E-state index in [0.29, 0.717) is 12.8 Å². The van der Waals surface area contributed by atoms with E-state index in [1.54, 1.807) is 0 Å². The molecule has 1 rings (SSSR count). The lowest BCUT2D eigenvalue weighted by molar-refractivity contribution is -0.297. The molecular weight excluding hydrogens is 801 g/mol. The second-order valence-corrected chi connectivity index (χ2v) is 18.0. The third-order valence-corrected chi connectivity index (χ3v) is 11.5. The normalized spacial score (nSPS) is 20.4. The Kier molecular flexibility index (Phi) is 35.4. The fourth-order valence-corrected chi connectivity index (χ4v) is 7.79. The van der Waals surface area contributed by atoms with E-state index in [2.05, 4.69) is 26.0 Å². The van der Waals surface area contributed by atoms with Crippen LogP contribution in [0.1, 0.15) is 187 Å². The van der Waals surface area contributed by atoms with Gasteiger partial charge in [-0.3, -0.25) is 14.1 Å². The van der Waals surface area contributed by atoms with E-state index in [1.807, 2.05) is 36.5 Å². The lowest BCUT2D eigenvalue weighted by Crippen LogP contribution is -2.60. The summed E-state index contributed by atoms with van der Waals surface area (Å²) < 4.78 is 54.1. The van der Waals surface area contributed by atoms with Crippen molar-refractivity contribution >= 4 is 22.1 Å². The number of carbonyl (C=O) groups excluding carboxylic acids is 2. The average molecular weight is 885 g/mol. The van der Waals surface area contributed by atoms with Crippen LogP contribution in [0.2, 0.25) is 0 Å². The van der Waals surface area contributed by atoms with E-state index >= 15 is 0 Å². The summed E-state index contributed by atoms with van der Waals surface area (Å²) in [5.41, 5.74) is 0. The lowest BCUT2D eigenvalue weighted by atomic mass is 10.00. The van der Waals surface area contributed by atoms with E-state index in [-0.39, 0.29) is 19.4 Å². The summed E-state index contributed by atoms with van der Waals surface area (Å²) in [6, 6.07) is 0. The van der Waals surface area contributed by atoms with Gasteiger partial charge >= 0.3 is 11.9 Å². The summed E-state index contributed by atoms with van der Waals surface area (Å²) in [6.07, 6.45) is 35.8. The Bertz CT molecular complexity index is 1310. The fourth-order valence-electron chi connectivity index (χ4n) is 7.10. The molecule has 1 heterocycles. The van der Waals surface area contributed by atoms with Crippen molar-refractivity contribution in [2.24, 2.45) is 0 Å². The van der Waals surface area contributed by atoms with Gasteiger partial charge in [-0.1, -0.05) is 191 Å². The molecule has 354 valence electrons. The van der Waals surface area contributed by atoms with Crippen molar-refractivity contribution in [3.63, 3.8) is 0 Å². The van der Waals surface area contributed by atoms with Crippen LogP contribution in [-0.4, -0.2) is 96.0 Å². The summed E-state index contributed by atoms with van der Waals surface area (Å²) in [5.74, 6) is -2.01. The average Bonchev–Trinajstić information content (AvgIpc) is 3.22. The number of hydrogen-bond donors (Lipinski definition) is 4. The highest BCUT2D eigenvalue weighted by molar-refractivity contribution is 7.85. The van der Waals surface area contributed by atoms with Gasteiger partial charge in [0.15, 0.2) is 12.4 Å². The molecule has 12 nitrogen and oxygen atoms in total. The molecule has 1 aliphatic rings. The highest BCUT2D eigenvalue weighted by atomic mass is 32.2. The molecule has 0 aromatic heterocycles. The molecule has 0 bridgehead atoms. The SMILES string of the molecule is CC/C=C/C=C/C=C/C=C/CCCCCCCC(=O)OC[C@H](CO[C@H]1O[C@H](CS(=O)(=O)O)[C@@H](O)C(O)C1O)OC(=O)CCCCCCCCCCCCCCCCCCCC. The summed E-state index contributed by atoms with van der Waals surface area (Å²) in [6.45, 7) is 3.62. The topological polar surface area (TPSA) is 186 Å². The van der Waals surface area contributed by atoms with Gasteiger partial charge in [0, 0.05) is 12.8 Å². The van der Waals surface area contributed by atoms with Gasteiger partial charge in [0.1, 0.15) is 36.8 Å². The summed E-state index contributed by atoms with van der Waals surface area (Å²) in [4.78, 5) is 25.4. The third-order valence-electron chi connectivity index (χ3n) is 10.8. The number of aliphatic hydroxyl groups is 3. The molecule has 13 heteroatoms. The van der Waals surface area contributed by atoms with E-state index in [0.717, 1.165) is 57.8 Å². The van der Waals surface area contributed by atoms with E-state index in [1.165, 1.54) is 89.9 Å². The van der Waals surface area contributed by atoms with Gasteiger partial charge in [0.2, 0.25) is 0 Å². The van der Waals surface area contributed by atoms with Crippen LogP contribution >= 0.6 is 0 Å². The zero-order valence-corrected chi connectivity index (χ0v) is 38.6. The van der Waals surface area contributed by atoms with Crippen molar-refractivity contribution in [2.45, 2.75) is 224 Å². The minimum atomic E-state index is -4.61. The van der Waals surface area contributed by atoms with Gasteiger partial charge in [-0.2, -0.15) is 8.42 Å². The first-order chi connectivity index (χ1) is 29.5. The molecule has 0 aliphatic carbocycles. The number of carbonyl (C=O) groups is 2. The van der Waals surface area contributed by atoms with Crippen molar-refractivity contribution in [2.75, 3.05) is 19.0 Å². The van der Waals surface area contributed by atoms with E-state index < -0.39 is 71.2 Å². The van der Waals surface area contributed by atoms with Gasteiger partial charge in [-0.25, -0.2) is 0 Å². The molecule has 0 radical (unpaired) electrons. The Hall–Kier alpha value is -2.39. The summed E-state index contributed by atoms with van der Waals surface area (Å²) in [7, 11) is -4.61. The highest BCUT2D eigenvalue weighted by Crippen LogP contribution is 2.24. The van der Waals surface area contributed by atoms with Crippen molar-refractivity contribution in [3.05, 3.63) is 48.6 Å². The molecule has 0 aromatic carbocycles. The lowest BCUT2D eigenvalue weighted by Gasteiger charge is -2.40. The molecule has 1 aliphatic heterocycles. The maximum Gasteiger partial charge on any atom is 0.306 e. The Morgan fingerprint density at radius 1 is 0.574 bits per heavy atom. The largest absolute Gasteiger partial charge is 0.462 e. The Labute approximate surface area is 369 Å². The van der Waals surface area contributed by atoms with Gasteiger partial charge in [0.25, 0.3) is 10.1 Å². The van der Waals surface area contributed by atoms with Crippen molar-refractivity contribution in [1.82, 2.24) is 0 Å². The molecule has 0 amide bonds. The summed E-state index contributed by atoms with van der Waals surface area (Å²) in [5, 5.41) is 30.9. The zero-order valence-electron chi connectivity index (χ0n) is 37.8. The van der Waals surface area contributed by atoms with Crippen molar-refractivity contribution in [3.8, 4) is 0 Å². The maximum absolute atomic E-state index is 12.8. The summed E-state index contributed by atoms with van der Waals surface area (Å²) >= 11 is 0. The molecule has 1 saturated heterocycles. The second-order valence-electron chi connectivity index (χ2n) is 16.5. The molecule has 0 spiro atoms. The Morgan fingerprint density at radius 3 is 1.54 bits per heavy atom. The number of esters is 2. The van der Waals surface area contributed by atoms with Crippen molar-refractivity contribution in [1.29, 1.82) is 0 Å². The monoisotopic (exact) mass is 885 g/mol. The quantitative estimate of drug-likeness (QED) is 0.0198. The predicted molar refractivity (Wildman–Crippen MR) is 242 cm³/mol. The van der Waals surface area contributed by atoms with Gasteiger partial charge in [-0.15, -0.1) is 0 Å². The molecule has 2 unspecified atom stereocenters. The molecule has 1 fully saturated rings. The van der Waals surface area contributed by atoms with Gasteiger partial charge in [-0.05, 0) is 32.1 Å². The van der Waals surface area contributed by atoms with Crippen LogP contribution in [0.4, 0.5) is 0 Å². The minimum absolute atomic E-state index is 0.161. The van der Waals surface area contributed by atoms with E-state index in [9.17, 15) is 37.9 Å². The molecule has 0 saturated carbocycles.